The van der Waals surface area contributed by atoms with Gasteiger partial charge in [0.05, 0.1) is 29.0 Å². The highest BCUT2D eigenvalue weighted by Crippen LogP contribution is 2.25. The summed E-state index contributed by atoms with van der Waals surface area (Å²) in [5.74, 6) is 1.02. The zero-order valence-corrected chi connectivity index (χ0v) is 19.1. The number of imidazole rings is 1. The van der Waals surface area contributed by atoms with Crippen molar-refractivity contribution in [3.8, 4) is 5.75 Å². The van der Waals surface area contributed by atoms with Gasteiger partial charge in [0.15, 0.2) is 0 Å². The fourth-order valence-electron chi connectivity index (χ4n) is 4.18. The van der Waals surface area contributed by atoms with Crippen molar-refractivity contribution in [2.24, 2.45) is 5.92 Å². The van der Waals surface area contributed by atoms with Gasteiger partial charge in [-0.05, 0) is 56.2 Å². The molecule has 1 aliphatic rings. The first kappa shape index (κ1) is 22.3. The van der Waals surface area contributed by atoms with E-state index < -0.39 is 10.0 Å². The molecule has 1 fully saturated rings. The molecule has 2 heterocycles. The summed E-state index contributed by atoms with van der Waals surface area (Å²) in [6.07, 6.45) is 1.33. The Kier molecular flexibility index (Phi) is 6.48. The van der Waals surface area contributed by atoms with Crippen LogP contribution in [0.1, 0.15) is 18.7 Å². The highest BCUT2D eigenvalue weighted by Gasteiger charge is 2.33. The van der Waals surface area contributed by atoms with Crippen LogP contribution in [0.25, 0.3) is 11.0 Å². The minimum atomic E-state index is -3.65. The number of para-hydroxylation sites is 2. The fourth-order valence-corrected chi connectivity index (χ4v) is 5.71. The lowest BCUT2D eigenvalue weighted by Crippen LogP contribution is -2.45. The van der Waals surface area contributed by atoms with Crippen molar-refractivity contribution in [3.05, 3.63) is 54.4 Å². The number of aryl methyl sites for hydroxylation is 1. The van der Waals surface area contributed by atoms with E-state index in [4.69, 9.17) is 4.74 Å². The molecule has 0 bridgehead atoms. The molecule has 4 rings (SSSR count). The maximum Gasteiger partial charge on any atom is 0.243 e. The lowest BCUT2D eigenvalue weighted by Gasteiger charge is -2.31. The number of hydrogen-bond donors (Lipinski definition) is 1. The van der Waals surface area contributed by atoms with E-state index in [1.807, 2.05) is 31.2 Å². The molecule has 1 N–H and O–H groups in total. The van der Waals surface area contributed by atoms with Gasteiger partial charge in [0.25, 0.3) is 0 Å². The maximum atomic E-state index is 13.0. The lowest BCUT2D eigenvalue weighted by molar-refractivity contribution is -0.126. The number of sulfonamides is 1. The predicted molar refractivity (Wildman–Crippen MR) is 122 cm³/mol. The van der Waals surface area contributed by atoms with Crippen molar-refractivity contribution < 1.29 is 17.9 Å². The Bertz CT molecular complexity index is 1200. The molecule has 0 radical (unpaired) electrons. The first-order valence-electron chi connectivity index (χ1n) is 10.7. The minimum absolute atomic E-state index is 0.110. The molecule has 1 saturated heterocycles. The third-order valence-electron chi connectivity index (χ3n) is 5.93. The zero-order chi connectivity index (χ0) is 22.7. The molecule has 1 amide bonds. The molecule has 1 aliphatic heterocycles. The number of nitrogens with one attached hydrogen (secondary N) is 1. The van der Waals surface area contributed by atoms with Crippen LogP contribution in [-0.4, -0.2) is 54.9 Å². The van der Waals surface area contributed by atoms with Gasteiger partial charge >= 0.3 is 0 Å². The lowest BCUT2D eigenvalue weighted by atomic mass is 9.99. The van der Waals surface area contributed by atoms with Crippen molar-refractivity contribution in [1.82, 2.24) is 19.2 Å². The topological polar surface area (TPSA) is 93.5 Å². The van der Waals surface area contributed by atoms with E-state index in [9.17, 15) is 13.2 Å². The molecule has 1 unspecified atom stereocenters. The molecular weight excluding hydrogens is 428 g/mol. The van der Waals surface area contributed by atoms with Crippen molar-refractivity contribution in [3.63, 3.8) is 0 Å². The second kappa shape index (κ2) is 9.30. The molecule has 1 aromatic heterocycles. The normalized spacial score (nSPS) is 17.4. The van der Waals surface area contributed by atoms with Crippen molar-refractivity contribution >= 4 is 27.0 Å². The van der Waals surface area contributed by atoms with Gasteiger partial charge in [-0.25, -0.2) is 13.4 Å². The maximum absolute atomic E-state index is 13.0. The zero-order valence-electron chi connectivity index (χ0n) is 18.3. The van der Waals surface area contributed by atoms with E-state index in [2.05, 4.69) is 14.9 Å². The smallest absolute Gasteiger partial charge is 0.243 e. The number of benzene rings is 2. The molecule has 8 nitrogen and oxygen atoms in total. The molecular formula is C23H28N4O4S. The number of nitrogens with zero attached hydrogens (tertiary/aromatic N) is 3. The first-order valence-corrected chi connectivity index (χ1v) is 12.2. The van der Waals surface area contributed by atoms with Gasteiger partial charge in [-0.1, -0.05) is 12.1 Å². The molecule has 170 valence electrons. The predicted octanol–water partition coefficient (Wildman–Crippen LogP) is 2.57. The quantitative estimate of drug-likeness (QED) is 0.590. The Balaban J connectivity index is 1.37. The monoisotopic (exact) mass is 456 g/mol. The summed E-state index contributed by atoms with van der Waals surface area (Å²) in [5, 5.41) is 2.98. The number of aromatic nitrogens is 2. The molecule has 2 aromatic carbocycles. The summed E-state index contributed by atoms with van der Waals surface area (Å²) in [7, 11) is -2.12. The van der Waals surface area contributed by atoms with Crippen LogP contribution in [0.4, 0.5) is 0 Å². The highest BCUT2D eigenvalue weighted by atomic mass is 32.2. The van der Waals surface area contributed by atoms with Crippen LogP contribution in [0.5, 0.6) is 5.75 Å². The van der Waals surface area contributed by atoms with Gasteiger partial charge in [-0.3, -0.25) is 4.79 Å². The van der Waals surface area contributed by atoms with Crippen molar-refractivity contribution in [2.75, 3.05) is 26.7 Å². The Hall–Kier alpha value is -2.91. The molecule has 32 heavy (non-hydrogen) atoms. The second-order valence-corrected chi connectivity index (χ2v) is 9.91. The molecule has 1 atom stereocenters. The number of amides is 1. The van der Waals surface area contributed by atoms with Crippen LogP contribution >= 0.6 is 0 Å². The number of fused-ring (bicyclic) bond motifs is 1. The Morgan fingerprint density at radius 2 is 1.94 bits per heavy atom. The second-order valence-electron chi connectivity index (χ2n) is 7.97. The van der Waals surface area contributed by atoms with Crippen molar-refractivity contribution in [1.29, 1.82) is 0 Å². The van der Waals surface area contributed by atoms with Crippen LogP contribution in [0.3, 0.4) is 0 Å². The summed E-state index contributed by atoms with van der Waals surface area (Å²) < 4.78 is 34.7. The van der Waals surface area contributed by atoms with Gasteiger partial charge in [-0.15, -0.1) is 0 Å². The number of carbonyl (C=O) groups is 1. The number of hydrogen-bond acceptors (Lipinski definition) is 5. The third kappa shape index (κ3) is 4.49. The van der Waals surface area contributed by atoms with E-state index in [1.165, 1.54) is 23.5 Å². The average molecular weight is 457 g/mol. The first-order chi connectivity index (χ1) is 15.4. The van der Waals surface area contributed by atoms with Gasteiger partial charge in [0, 0.05) is 26.2 Å². The average Bonchev–Trinajstić information content (AvgIpc) is 3.14. The molecule has 0 spiro atoms. The minimum Gasteiger partial charge on any atom is -0.497 e. The fraction of sp³-hybridized carbons (Fsp3) is 0.391. The Morgan fingerprint density at radius 3 is 2.69 bits per heavy atom. The van der Waals surface area contributed by atoms with Crippen LogP contribution in [-0.2, 0) is 21.4 Å². The standard InChI is InChI=1S/C23H28N4O4S/c1-17-25-21-7-3-4-8-22(21)27(17)15-13-24-23(28)18-6-5-14-26(16-18)32(29,30)20-11-9-19(31-2)10-12-20/h3-4,7-12,18H,5-6,13-16H2,1-2H3,(H,24,28). The summed E-state index contributed by atoms with van der Waals surface area (Å²) >= 11 is 0. The SMILES string of the molecule is COc1ccc(S(=O)(=O)N2CCCC(C(=O)NCCn3c(C)nc4ccccc43)C2)cc1. The summed E-state index contributed by atoms with van der Waals surface area (Å²) in [4.78, 5) is 17.6. The van der Waals surface area contributed by atoms with Crippen molar-refractivity contribution in [2.45, 2.75) is 31.2 Å². The van der Waals surface area contributed by atoms with E-state index in [1.54, 1.807) is 12.1 Å². The number of rotatable bonds is 7. The Labute approximate surface area is 188 Å². The van der Waals surface area contributed by atoms with Gasteiger partial charge in [0.2, 0.25) is 15.9 Å². The summed E-state index contributed by atoms with van der Waals surface area (Å²) in [5.41, 5.74) is 1.97. The number of ether oxygens (including phenoxy) is 1. The van der Waals surface area contributed by atoms with E-state index in [-0.39, 0.29) is 23.3 Å². The number of carbonyl (C=O) groups excluding carboxylic acids is 1. The van der Waals surface area contributed by atoms with Crippen LogP contribution in [0.15, 0.2) is 53.4 Å². The Morgan fingerprint density at radius 1 is 1.19 bits per heavy atom. The molecule has 0 saturated carbocycles. The number of piperidine rings is 1. The van der Waals surface area contributed by atoms with Crippen LogP contribution in [0, 0.1) is 12.8 Å². The van der Waals surface area contributed by atoms with Gasteiger partial charge < -0.3 is 14.6 Å². The highest BCUT2D eigenvalue weighted by molar-refractivity contribution is 7.89. The van der Waals surface area contributed by atoms with E-state index in [0.29, 0.717) is 38.2 Å². The summed E-state index contributed by atoms with van der Waals surface area (Å²) in [6, 6.07) is 14.2. The largest absolute Gasteiger partial charge is 0.497 e. The van der Waals surface area contributed by atoms with Gasteiger partial charge in [-0.2, -0.15) is 4.31 Å². The third-order valence-corrected chi connectivity index (χ3v) is 7.81. The van der Waals surface area contributed by atoms with Gasteiger partial charge in [0.1, 0.15) is 11.6 Å². The number of methoxy groups -OCH3 is 1. The molecule has 3 aromatic rings. The summed E-state index contributed by atoms with van der Waals surface area (Å²) in [6.45, 7) is 3.62. The van der Waals surface area contributed by atoms with E-state index >= 15 is 0 Å². The van der Waals surface area contributed by atoms with Crippen LogP contribution in [0.2, 0.25) is 0 Å². The van der Waals surface area contributed by atoms with E-state index in [0.717, 1.165) is 16.9 Å². The van der Waals surface area contributed by atoms with Crippen LogP contribution < -0.4 is 10.1 Å². The molecule has 0 aliphatic carbocycles. The molecule has 9 heteroatoms.